The van der Waals surface area contributed by atoms with Crippen molar-refractivity contribution in [3.05, 3.63) is 90.1 Å². The summed E-state index contributed by atoms with van der Waals surface area (Å²) in [6.45, 7) is 6.59. The summed E-state index contributed by atoms with van der Waals surface area (Å²) >= 11 is 3.86. The van der Waals surface area contributed by atoms with E-state index >= 15 is 9.59 Å². The first-order chi connectivity index (χ1) is 46.6. The Kier molecular flexibility index (Phi) is 30.4. The third-order valence-electron chi connectivity index (χ3n) is 17.9. The molecule has 3 aliphatic heterocycles. The number of fused-ring (bicyclic) bond motifs is 1. The van der Waals surface area contributed by atoms with Crippen LogP contribution in [0, 0.1) is 23.7 Å². The summed E-state index contributed by atoms with van der Waals surface area (Å²) in [6, 6.07) is 9.42. The second kappa shape index (κ2) is 38.7. The second-order valence-electron chi connectivity index (χ2n) is 25.9. The van der Waals surface area contributed by atoms with Gasteiger partial charge in [0.25, 0.3) is 0 Å². The Labute approximate surface area is 574 Å². The molecular formula is C68H97N15O12S2. The Balaban J connectivity index is 1.11. The van der Waals surface area contributed by atoms with E-state index in [1.165, 1.54) is 17.4 Å². The fourth-order valence-electron chi connectivity index (χ4n) is 12.6. The van der Waals surface area contributed by atoms with Crippen molar-refractivity contribution in [1.82, 2.24) is 57.1 Å². The first-order valence-corrected chi connectivity index (χ1v) is 35.8. The zero-order chi connectivity index (χ0) is 70.0. The van der Waals surface area contributed by atoms with Crippen molar-refractivity contribution in [2.24, 2.45) is 45.9 Å². The second-order valence-corrected chi connectivity index (χ2v) is 28.9. The van der Waals surface area contributed by atoms with Crippen molar-refractivity contribution in [3.8, 4) is 0 Å². The number of hydrogen-bond acceptors (Lipinski definition) is 17. The number of rotatable bonds is 42. The van der Waals surface area contributed by atoms with E-state index in [1.807, 2.05) is 61.6 Å². The lowest BCUT2D eigenvalue weighted by molar-refractivity contribution is -0.142. The number of carbonyl (C=O) groups is 11. The Morgan fingerprint density at radius 2 is 1.40 bits per heavy atom. The van der Waals surface area contributed by atoms with Crippen LogP contribution in [0.2, 0.25) is 0 Å². The van der Waals surface area contributed by atoms with E-state index in [9.17, 15) is 48.3 Å². The third-order valence-corrected chi connectivity index (χ3v) is 21.0. The Morgan fingerprint density at radius 1 is 0.732 bits per heavy atom. The molecule has 3 aliphatic rings. The van der Waals surface area contributed by atoms with Crippen LogP contribution < -0.4 is 54.4 Å². The maximum atomic E-state index is 15.1. The molecule has 8 amide bonds. The number of Topliss-reactive ketones (excluding diaryl/α,β-unsaturated/α-hetero) is 3. The zero-order valence-corrected chi connectivity index (χ0v) is 57.3. The van der Waals surface area contributed by atoms with Gasteiger partial charge in [-0.1, -0.05) is 82.1 Å². The molecule has 2 aromatic carbocycles. The molecule has 16 N–H and O–H groups in total. The number of H-pyrrole nitrogens is 2. The molecule has 5 heterocycles. The number of para-hydroxylation sites is 1. The minimum Gasteiger partial charge on any atom is -0.394 e. The van der Waals surface area contributed by atoms with E-state index in [4.69, 9.17) is 17.2 Å². The van der Waals surface area contributed by atoms with Crippen LogP contribution in [-0.4, -0.2) is 187 Å². The molecule has 2 aromatic heterocycles. The molecule has 1 unspecified atom stereocenters. The van der Waals surface area contributed by atoms with E-state index in [1.54, 1.807) is 36.5 Å². The zero-order valence-electron chi connectivity index (χ0n) is 55.7. The summed E-state index contributed by atoms with van der Waals surface area (Å²) in [6.07, 6.45) is 7.11. The summed E-state index contributed by atoms with van der Waals surface area (Å²) in [5.74, 6) is -10.1. The van der Waals surface area contributed by atoms with Crippen molar-refractivity contribution in [1.29, 1.82) is 0 Å². The van der Waals surface area contributed by atoms with Gasteiger partial charge in [-0.15, -0.1) is 23.5 Å². The molecule has 3 fully saturated rings. The van der Waals surface area contributed by atoms with Gasteiger partial charge in [-0.3, -0.25) is 57.7 Å². The van der Waals surface area contributed by atoms with Gasteiger partial charge in [0.2, 0.25) is 47.3 Å². The number of thioether (sulfide) groups is 2. The number of hydrogen-bond donors (Lipinski definition) is 13. The van der Waals surface area contributed by atoms with Crippen molar-refractivity contribution in [3.63, 3.8) is 0 Å². The summed E-state index contributed by atoms with van der Waals surface area (Å²) < 4.78 is 0. The fraction of sp³-hybridized carbons (Fsp3) is 0.574. The maximum absolute atomic E-state index is 15.1. The van der Waals surface area contributed by atoms with Crippen molar-refractivity contribution < 1.29 is 57.8 Å². The number of carbonyl (C=O) groups excluding carboxylic acids is 11. The van der Waals surface area contributed by atoms with E-state index in [0.29, 0.717) is 53.0 Å². The molecule has 0 bridgehead atoms. The number of aliphatic hydroxyl groups excluding tert-OH is 1. The Bertz CT molecular complexity index is 3350. The number of guanidine groups is 1. The predicted octanol–water partition coefficient (Wildman–Crippen LogP) is 1.89. The van der Waals surface area contributed by atoms with Crippen LogP contribution in [0.15, 0.2) is 78.3 Å². The molecule has 7 rings (SSSR count). The average molecular weight is 1380 g/mol. The molecule has 528 valence electrons. The molecular weight excluding hydrogens is 1280 g/mol. The van der Waals surface area contributed by atoms with Gasteiger partial charge in [0, 0.05) is 114 Å². The number of imidazole rings is 1. The van der Waals surface area contributed by atoms with Gasteiger partial charge in [0.15, 0.2) is 23.3 Å². The predicted molar refractivity (Wildman–Crippen MR) is 371 cm³/mol. The van der Waals surface area contributed by atoms with Gasteiger partial charge in [-0.05, 0) is 93.9 Å². The van der Waals surface area contributed by atoms with Crippen LogP contribution in [0.5, 0.6) is 0 Å². The van der Waals surface area contributed by atoms with Crippen LogP contribution in [-0.2, 0) is 72.0 Å². The number of aliphatic hydroxyl groups is 1. The van der Waals surface area contributed by atoms with Gasteiger partial charge >= 0.3 is 0 Å². The normalized spacial score (nSPS) is 19.0. The summed E-state index contributed by atoms with van der Waals surface area (Å²) in [5.41, 5.74) is 19.1. The highest BCUT2D eigenvalue weighted by atomic mass is 32.2. The van der Waals surface area contributed by atoms with E-state index < -0.39 is 139 Å². The van der Waals surface area contributed by atoms with Gasteiger partial charge in [0.1, 0.15) is 24.2 Å². The number of benzene rings is 2. The number of nitrogens with one attached hydrogen (secondary N) is 9. The average Bonchev–Trinajstić information content (AvgIpc) is 1.83. The summed E-state index contributed by atoms with van der Waals surface area (Å²) in [5, 5.41) is 33.9. The number of unbranched alkanes of at least 4 members (excludes halogenated alkanes) is 2. The highest BCUT2D eigenvalue weighted by molar-refractivity contribution is 8.19. The minimum atomic E-state index is -1.57. The van der Waals surface area contributed by atoms with E-state index in [0.717, 1.165) is 35.5 Å². The van der Waals surface area contributed by atoms with E-state index in [2.05, 4.69) is 64.1 Å². The number of nitrogens with two attached hydrogens (primary N) is 3. The fourth-order valence-corrected chi connectivity index (χ4v) is 15.8. The molecule has 0 saturated carbocycles. The lowest BCUT2D eigenvalue weighted by Gasteiger charge is -2.30. The number of amides is 8. The van der Waals surface area contributed by atoms with Crippen LogP contribution in [0.3, 0.4) is 0 Å². The highest BCUT2D eigenvalue weighted by Crippen LogP contribution is 2.36. The number of likely N-dealkylation sites (tertiary alicyclic amines) is 1. The van der Waals surface area contributed by atoms with Crippen LogP contribution in [0.4, 0.5) is 0 Å². The Hall–Kier alpha value is -8.15. The maximum Gasteiger partial charge on any atom is 0.245 e. The molecule has 11 atom stereocenters. The SMILES string of the molecule is CC(C)C[C@H](CC(=O)[C@@H](CCCCCNC[C@@H]1SCSC1C)NC(=O)[C@@H](CC(=O)[C@H](CO)NC(=O)[C@@H](CC(=O)[C@H](Cc1cnc[nH]1)NC(=O)[C@@H]1CCC(=O)N1)Cc1c[nH]c2ccccc12)Cc1ccccc1)C(=O)N[C@@H](CCCN=C(N)N)C(=O)N1CCC[C@H]1C(=O)NCC(N)=O. The lowest BCUT2D eigenvalue weighted by Crippen LogP contribution is -2.55. The minimum absolute atomic E-state index is 0.000813. The number of primary amides is 1. The molecule has 0 aliphatic carbocycles. The van der Waals surface area contributed by atoms with Gasteiger partial charge < -0.3 is 74.4 Å². The first kappa shape index (κ1) is 76.2. The highest BCUT2D eigenvalue weighted by Gasteiger charge is 2.40. The largest absolute Gasteiger partial charge is 0.394 e. The number of aliphatic imine (C=N–C) groups is 1. The van der Waals surface area contributed by atoms with Crippen LogP contribution >= 0.6 is 23.5 Å². The van der Waals surface area contributed by atoms with Crippen LogP contribution in [0.1, 0.15) is 127 Å². The monoisotopic (exact) mass is 1380 g/mol. The number of nitrogens with zero attached hydrogens (tertiary/aromatic N) is 3. The van der Waals surface area contributed by atoms with Crippen molar-refractivity contribution in [2.45, 2.75) is 177 Å². The van der Waals surface area contributed by atoms with Gasteiger partial charge in [-0.2, -0.15) is 0 Å². The van der Waals surface area contributed by atoms with Crippen molar-refractivity contribution in [2.75, 3.05) is 44.4 Å². The molecule has 3 saturated heterocycles. The summed E-state index contributed by atoms with van der Waals surface area (Å²) in [7, 11) is 0. The third kappa shape index (κ3) is 24.1. The quantitative estimate of drug-likeness (QED) is 0.0171. The number of aromatic nitrogens is 3. The standard InChI is InChI=1S/C68H97N15O12S2/c1-40(2)26-43(62(90)80-52(19-12-24-74-68(70)71)67(95)83-25-13-20-55(83)66(94)76-36-60(69)88)29-56(85)50(18-8-5-11-23-72-35-59-41(3)96-39-97-59)79-63(91)44(27-42-14-6-4-7-15-42)30-58(87)54(37-84)82-64(92)45(28-46-33-75-49-17-10-9-16-48(46)49)31-57(86)53(32-47-34-73-38-77-47)81-65(93)51-21-22-61(89)78-51/h4,6-7,9-10,14-17,33-34,38,40-41,43-45,50-55,59,72,75,84H,5,8,11-13,18-32,35-37,39H2,1-3H3,(H2,69,88)(H,73,77)(H,76,94)(H,78,89)(H,79,91)(H,80,90)(H,81,93)(H,82,92)(H4,70,71,74)/t41?,43-,44-,45-,50-,51+,52+,53+,54+,55+,59+/m1/s1. The topological polar surface area (TPSA) is 430 Å². The van der Waals surface area contributed by atoms with Gasteiger partial charge in [0.05, 0.1) is 31.6 Å². The molecule has 27 nitrogen and oxygen atoms in total. The molecule has 97 heavy (non-hydrogen) atoms. The number of aromatic amines is 2. The summed E-state index contributed by atoms with van der Waals surface area (Å²) in [4.78, 5) is 170. The smallest absolute Gasteiger partial charge is 0.245 e. The first-order valence-electron chi connectivity index (χ1n) is 33.7. The van der Waals surface area contributed by atoms with E-state index in [-0.39, 0.29) is 95.1 Å². The van der Waals surface area contributed by atoms with Crippen LogP contribution in [0.25, 0.3) is 10.9 Å². The number of ketones is 3. The molecule has 0 radical (unpaired) electrons. The lowest BCUT2D eigenvalue weighted by atomic mass is 9.87. The Morgan fingerprint density at radius 3 is 2.07 bits per heavy atom. The molecule has 0 spiro atoms. The van der Waals surface area contributed by atoms with Crippen molar-refractivity contribution >= 4 is 105 Å². The molecule has 4 aromatic rings. The van der Waals surface area contributed by atoms with Gasteiger partial charge in [-0.25, -0.2) is 4.98 Å². The molecule has 29 heteroatoms.